The summed E-state index contributed by atoms with van der Waals surface area (Å²) in [7, 11) is 3.66. The van der Waals surface area contributed by atoms with Crippen molar-refractivity contribution in [3.63, 3.8) is 0 Å². The number of hydrazine groups is 1. The largest absolute Gasteiger partial charge is 0.354 e. The van der Waals surface area contributed by atoms with E-state index >= 15 is 0 Å². The number of piperazine rings is 1. The maximum atomic E-state index is 13.1. The normalized spacial score (nSPS) is 14.2. The first-order valence-electron chi connectivity index (χ1n) is 14.5. The van der Waals surface area contributed by atoms with Gasteiger partial charge >= 0.3 is 0 Å². The molecule has 1 aliphatic heterocycles. The summed E-state index contributed by atoms with van der Waals surface area (Å²) in [4.78, 5) is 41.1. The molecule has 1 aliphatic rings. The molecule has 4 aromatic rings. The number of hydrogen-bond donors (Lipinski definition) is 4. The van der Waals surface area contributed by atoms with Crippen molar-refractivity contribution in [1.29, 1.82) is 0 Å². The van der Waals surface area contributed by atoms with Crippen LogP contribution < -0.4 is 21.4 Å². The topological polar surface area (TPSA) is 145 Å². The fourth-order valence-electron chi connectivity index (χ4n) is 4.64. The second kappa shape index (κ2) is 12.8. The summed E-state index contributed by atoms with van der Waals surface area (Å²) >= 11 is 0. The lowest BCUT2D eigenvalue weighted by atomic mass is 9.87. The molecule has 230 valence electrons. The fourth-order valence-corrected chi connectivity index (χ4v) is 4.64. The highest BCUT2D eigenvalue weighted by atomic mass is 16.2. The maximum absolute atomic E-state index is 13.1. The third-order valence-corrected chi connectivity index (χ3v) is 7.44. The highest BCUT2D eigenvalue weighted by Crippen LogP contribution is 2.28. The standard InChI is InChI=1S/C31H39N11O2/c1-20-7-8-23(36-29(43)21-13-22(18-33-17-21)31(2,3)4)14-24(20)37-28-15-25(30(44)32-5)38-42(28)27-16-26(34-19-35-27)39-41-11-9-40(6)10-12-41/h7-8,13-19,37H,9-12H2,1-6H3,(H,32,44)(H,36,43)(H,34,35,39). The van der Waals surface area contributed by atoms with Crippen LogP contribution in [0.3, 0.4) is 0 Å². The number of carbonyl (C=O) groups excluding carboxylic acids is 2. The van der Waals surface area contributed by atoms with E-state index in [1.165, 1.54) is 6.33 Å². The number of carbonyl (C=O) groups is 2. The van der Waals surface area contributed by atoms with E-state index < -0.39 is 0 Å². The lowest BCUT2D eigenvalue weighted by Gasteiger charge is -2.32. The predicted molar refractivity (Wildman–Crippen MR) is 171 cm³/mol. The van der Waals surface area contributed by atoms with Gasteiger partial charge in [0.05, 0.1) is 5.56 Å². The molecule has 44 heavy (non-hydrogen) atoms. The van der Waals surface area contributed by atoms with Gasteiger partial charge in [0.1, 0.15) is 18.0 Å². The number of amides is 2. The van der Waals surface area contributed by atoms with E-state index in [-0.39, 0.29) is 22.9 Å². The molecule has 3 aromatic heterocycles. The highest BCUT2D eigenvalue weighted by Gasteiger charge is 2.20. The van der Waals surface area contributed by atoms with Gasteiger partial charge in [-0.25, -0.2) is 15.0 Å². The van der Waals surface area contributed by atoms with Crippen LogP contribution in [0.2, 0.25) is 0 Å². The zero-order valence-electron chi connectivity index (χ0n) is 26.0. The van der Waals surface area contributed by atoms with Crippen molar-refractivity contribution in [3.8, 4) is 5.82 Å². The molecule has 0 radical (unpaired) electrons. The van der Waals surface area contributed by atoms with Crippen LogP contribution >= 0.6 is 0 Å². The lowest BCUT2D eigenvalue weighted by molar-refractivity contribution is 0.0956. The summed E-state index contributed by atoms with van der Waals surface area (Å²) in [5, 5.41) is 15.6. The fraction of sp³-hybridized carbons (Fsp3) is 0.355. The van der Waals surface area contributed by atoms with Crippen molar-refractivity contribution >= 4 is 34.8 Å². The van der Waals surface area contributed by atoms with Crippen molar-refractivity contribution in [2.24, 2.45) is 0 Å². The number of nitrogens with zero attached hydrogens (tertiary/aromatic N) is 7. The predicted octanol–water partition coefficient (Wildman–Crippen LogP) is 3.59. The van der Waals surface area contributed by atoms with E-state index in [0.29, 0.717) is 28.7 Å². The molecule has 0 unspecified atom stereocenters. The molecular weight excluding hydrogens is 558 g/mol. The Balaban J connectivity index is 1.40. The summed E-state index contributed by atoms with van der Waals surface area (Å²) in [5.74, 6) is 1.02. The van der Waals surface area contributed by atoms with Crippen LogP contribution in [0.15, 0.2) is 55.1 Å². The number of pyridine rings is 1. The first kappa shape index (κ1) is 30.6. The number of nitrogens with one attached hydrogen (secondary N) is 4. The molecule has 0 bridgehead atoms. The zero-order valence-corrected chi connectivity index (χ0v) is 26.0. The number of hydrogen-bond acceptors (Lipinski definition) is 10. The molecule has 13 heteroatoms. The first-order chi connectivity index (χ1) is 21.0. The lowest BCUT2D eigenvalue weighted by Crippen LogP contribution is -2.47. The summed E-state index contributed by atoms with van der Waals surface area (Å²) in [6, 6.07) is 10.9. The molecule has 0 saturated carbocycles. The summed E-state index contributed by atoms with van der Waals surface area (Å²) in [5.41, 5.74) is 7.13. The Morgan fingerprint density at radius 2 is 1.70 bits per heavy atom. The Labute approximate surface area is 257 Å². The van der Waals surface area contributed by atoms with E-state index in [1.54, 1.807) is 36.3 Å². The minimum absolute atomic E-state index is 0.133. The van der Waals surface area contributed by atoms with Crippen molar-refractivity contribution < 1.29 is 9.59 Å². The average Bonchev–Trinajstić information content (AvgIpc) is 3.43. The Morgan fingerprint density at radius 1 is 0.932 bits per heavy atom. The van der Waals surface area contributed by atoms with E-state index in [1.807, 2.05) is 31.2 Å². The van der Waals surface area contributed by atoms with Crippen molar-refractivity contribution in [3.05, 3.63) is 77.5 Å². The van der Waals surface area contributed by atoms with Crippen LogP contribution in [0.5, 0.6) is 0 Å². The van der Waals surface area contributed by atoms with Crippen LogP contribution in [0.25, 0.3) is 5.82 Å². The average molecular weight is 598 g/mol. The Kier molecular flexibility index (Phi) is 8.88. The minimum atomic E-state index is -0.333. The van der Waals surface area contributed by atoms with Gasteiger partial charge in [0.15, 0.2) is 11.5 Å². The number of likely N-dealkylation sites (N-methyl/N-ethyl adjacent to an activating group) is 1. The molecule has 5 rings (SSSR count). The van der Waals surface area contributed by atoms with Gasteiger partial charge in [0.2, 0.25) is 0 Å². The van der Waals surface area contributed by atoms with E-state index in [0.717, 1.165) is 43.0 Å². The highest BCUT2D eigenvalue weighted by molar-refractivity contribution is 6.04. The molecule has 1 saturated heterocycles. The Bertz CT molecular complexity index is 1650. The molecule has 0 atom stereocenters. The Morgan fingerprint density at radius 3 is 2.43 bits per heavy atom. The minimum Gasteiger partial charge on any atom is -0.354 e. The smallest absolute Gasteiger partial charge is 0.271 e. The molecule has 0 aliphatic carbocycles. The van der Waals surface area contributed by atoms with Gasteiger partial charge in [-0.2, -0.15) is 9.78 Å². The van der Waals surface area contributed by atoms with Gasteiger partial charge in [-0.1, -0.05) is 26.8 Å². The molecule has 4 N–H and O–H groups in total. The molecule has 4 heterocycles. The molecule has 13 nitrogen and oxygen atoms in total. The molecular formula is C31H39N11O2. The first-order valence-corrected chi connectivity index (χ1v) is 14.5. The van der Waals surface area contributed by atoms with Crippen LogP contribution in [0, 0.1) is 6.92 Å². The van der Waals surface area contributed by atoms with Crippen LogP contribution in [0.4, 0.5) is 23.0 Å². The van der Waals surface area contributed by atoms with Gasteiger partial charge in [0.25, 0.3) is 11.8 Å². The van der Waals surface area contributed by atoms with Crippen molar-refractivity contribution in [1.82, 2.24) is 40.0 Å². The van der Waals surface area contributed by atoms with E-state index in [2.05, 4.69) is 79.2 Å². The monoisotopic (exact) mass is 597 g/mol. The zero-order chi connectivity index (χ0) is 31.4. The van der Waals surface area contributed by atoms with Gasteiger partial charge in [-0.3, -0.25) is 14.6 Å². The van der Waals surface area contributed by atoms with Crippen LogP contribution in [0.1, 0.15) is 52.7 Å². The molecule has 0 spiro atoms. The summed E-state index contributed by atoms with van der Waals surface area (Å²) in [6.07, 6.45) is 4.80. The third kappa shape index (κ3) is 7.18. The number of rotatable bonds is 8. The number of benzene rings is 1. The van der Waals surface area contributed by atoms with Gasteiger partial charge in [-0.15, -0.1) is 0 Å². The second-order valence-electron chi connectivity index (χ2n) is 11.9. The second-order valence-corrected chi connectivity index (χ2v) is 11.9. The summed E-state index contributed by atoms with van der Waals surface area (Å²) < 4.78 is 1.57. The molecule has 1 fully saturated rings. The van der Waals surface area contributed by atoms with E-state index in [4.69, 9.17) is 0 Å². The number of anilines is 4. The van der Waals surface area contributed by atoms with Gasteiger partial charge < -0.3 is 26.3 Å². The quantitative estimate of drug-likeness (QED) is 0.238. The number of aryl methyl sites for hydroxylation is 1. The molecule has 1 aromatic carbocycles. The Hall–Kier alpha value is -4.88. The van der Waals surface area contributed by atoms with Crippen molar-refractivity contribution in [2.45, 2.75) is 33.1 Å². The maximum Gasteiger partial charge on any atom is 0.271 e. The number of aromatic nitrogens is 5. The SMILES string of the molecule is CNC(=O)c1cc(Nc2cc(NC(=O)c3cncc(C(C)(C)C)c3)ccc2C)n(-c2cc(NN3CCN(C)CC3)ncn2)n1. The van der Waals surface area contributed by atoms with Crippen LogP contribution in [-0.4, -0.2) is 86.7 Å². The third-order valence-electron chi connectivity index (χ3n) is 7.44. The van der Waals surface area contributed by atoms with Gasteiger partial charge in [-0.05, 0) is 48.7 Å². The van der Waals surface area contributed by atoms with Crippen molar-refractivity contribution in [2.75, 3.05) is 56.3 Å². The van der Waals surface area contributed by atoms with E-state index in [9.17, 15) is 9.59 Å². The molecule has 2 amide bonds. The van der Waals surface area contributed by atoms with Crippen LogP contribution in [-0.2, 0) is 5.41 Å². The summed E-state index contributed by atoms with van der Waals surface area (Å²) in [6.45, 7) is 11.8. The van der Waals surface area contributed by atoms with Gasteiger partial charge in [0, 0.05) is 69.1 Å².